The summed E-state index contributed by atoms with van der Waals surface area (Å²) in [4.78, 5) is 29.8. The Kier molecular flexibility index (Phi) is 4.62. The highest BCUT2D eigenvalue weighted by Gasteiger charge is 2.26. The fourth-order valence-electron chi connectivity index (χ4n) is 3.58. The number of rotatable bonds is 4. The molecular formula is C21H18F2N4O2. The number of carbonyl (C=O) groups is 1. The number of carbonyl (C=O) groups excluding carboxylic acids is 1. The van der Waals surface area contributed by atoms with Gasteiger partial charge >= 0.3 is 0 Å². The number of aromatic amines is 2. The first-order chi connectivity index (χ1) is 13.9. The van der Waals surface area contributed by atoms with Crippen molar-refractivity contribution in [2.75, 3.05) is 6.54 Å². The van der Waals surface area contributed by atoms with Crippen LogP contribution in [-0.4, -0.2) is 32.5 Å². The maximum absolute atomic E-state index is 13.8. The van der Waals surface area contributed by atoms with Crippen molar-refractivity contribution in [3.63, 3.8) is 0 Å². The van der Waals surface area contributed by atoms with Crippen molar-refractivity contribution in [3.8, 4) is 0 Å². The van der Waals surface area contributed by atoms with Crippen LogP contribution in [0.1, 0.15) is 36.1 Å². The van der Waals surface area contributed by atoms with Crippen LogP contribution < -0.4 is 5.56 Å². The van der Waals surface area contributed by atoms with Gasteiger partial charge in [-0.15, -0.1) is 0 Å². The Morgan fingerprint density at radius 1 is 1.14 bits per heavy atom. The fraction of sp³-hybridized carbons (Fsp3) is 0.190. The molecule has 0 saturated carbocycles. The Balaban J connectivity index is 1.78. The Bertz CT molecular complexity index is 1260. The molecule has 0 fully saturated rings. The lowest BCUT2D eigenvalue weighted by molar-refractivity contribution is 0.0694. The van der Waals surface area contributed by atoms with Crippen molar-refractivity contribution in [3.05, 3.63) is 75.8 Å². The van der Waals surface area contributed by atoms with Gasteiger partial charge in [0.25, 0.3) is 11.5 Å². The van der Waals surface area contributed by atoms with E-state index in [1.165, 1.54) is 0 Å². The monoisotopic (exact) mass is 396 g/mol. The van der Waals surface area contributed by atoms with E-state index in [1.807, 2.05) is 31.2 Å². The van der Waals surface area contributed by atoms with Crippen molar-refractivity contribution in [2.24, 2.45) is 0 Å². The van der Waals surface area contributed by atoms with Crippen molar-refractivity contribution >= 4 is 27.6 Å². The summed E-state index contributed by atoms with van der Waals surface area (Å²) in [6, 6.07) is 10.5. The van der Waals surface area contributed by atoms with E-state index in [4.69, 9.17) is 0 Å². The maximum atomic E-state index is 13.8. The first-order valence-corrected chi connectivity index (χ1v) is 9.16. The van der Waals surface area contributed by atoms with Crippen LogP contribution in [0.2, 0.25) is 0 Å². The summed E-state index contributed by atoms with van der Waals surface area (Å²) in [6.45, 7) is 3.89. The first kappa shape index (κ1) is 18.8. The van der Waals surface area contributed by atoms with E-state index in [2.05, 4.69) is 15.2 Å². The van der Waals surface area contributed by atoms with Crippen LogP contribution in [0, 0.1) is 11.6 Å². The zero-order chi connectivity index (χ0) is 20.7. The van der Waals surface area contributed by atoms with Gasteiger partial charge < -0.3 is 9.88 Å². The zero-order valence-corrected chi connectivity index (χ0v) is 15.8. The topological polar surface area (TPSA) is 81.8 Å². The minimum atomic E-state index is -1.12. The molecule has 0 bridgehead atoms. The van der Waals surface area contributed by atoms with E-state index in [0.717, 1.165) is 23.0 Å². The average molecular weight is 396 g/mol. The van der Waals surface area contributed by atoms with E-state index >= 15 is 0 Å². The molecule has 1 amide bonds. The minimum Gasteiger partial charge on any atom is -0.351 e. The van der Waals surface area contributed by atoms with E-state index in [-0.39, 0.29) is 22.4 Å². The number of amides is 1. The van der Waals surface area contributed by atoms with Crippen LogP contribution in [0.15, 0.2) is 47.3 Å². The third-order valence-electron chi connectivity index (χ3n) is 5.08. The molecule has 29 heavy (non-hydrogen) atoms. The van der Waals surface area contributed by atoms with Crippen LogP contribution in [0.25, 0.3) is 21.7 Å². The number of aromatic nitrogens is 3. The summed E-state index contributed by atoms with van der Waals surface area (Å²) in [5.74, 6) is -2.46. The van der Waals surface area contributed by atoms with Crippen LogP contribution >= 0.6 is 0 Å². The van der Waals surface area contributed by atoms with Crippen LogP contribution in [0.4, 0.5) is 8.78 Å². The number of hydrogen-bond acceptors (Lipinski definition) is 3. The third-order valence-corrected chi connectivity index (χ3v) is 5.08. The van der Waals surface area contributed by atoms with Gasteiger partial charge in [-0.3, -0.25) is 9.59 Å². The smallest absolute Gasteiger partial charge is 0.272 e. The second-order valence-corrected chi connectivity index (χ2v) is 6.79. The second kappa shape index (κ2) is 7.12. The molecular weight excluding hydrogens is 378 g/mol. The van der Waals surface area contributed by atoms with E-state index in [1.54, 1.807) is 17.9 Å². The van der Waals surface area contributed by atoms with Gasteiger partial charge in [0, 0.05) is 22.8 Å². The molecule has 8 heteroatoms. The molecule has 2 aromatic heterocycles. The van der Waals surface area contributed by atoms with Crippen LogP contribution in [0.5, 0.6) is 0 Å². The summed E-state index contributed by atoms with van der Waals surface area (Å²) in [6.07, 6.45) is 0. The molecule has 0 aliphatic rings. The lowest BCUT2D eigenvalue weighted by Crippen LogP contribution is -2.34. The lowest BCUT2D eigenvalue weighted by Gasteiger charge is -2.27. The molecule has 2 heterocycles. The van der Waals surface area contributed by atoms with Gasteiger partial charge in [0.15, 0.2) is 11.6 Å². The third kappa shape index (κ3) is 3.16. The summed E-state index contributed by atoms with van der Waals surface area (Å²) in [5.41, 5.74) is 0.903. The SMILES string of the molecule is CCN(C(=O)c1cc2ccccc2[nH]1)[C@H](C)c1n[nH]c(=O)c2cc(F)c(F)cc12. The maximum Gasteiger partial charge on any atom is 0.272 e. The standard InChI is InChI=1S/C21H18F2N4O2/c1-3-27(21(29)18-8-12-6-4-5-7-17(12)24-18)11(2)19-13-9-15(22)16(23)10-14(13)20(28)26-25-19/h4-11,24H,3H2,1-2H3,(H,26,28)/t11-/m1/s1. The highest BCUT2D eigenvalue weighted by Crippen LogP contribution is 2.27. The van der Waals surface area contributed by atoms with E-state index < -0.39 is 23.2 Å². The van der Waals surface area contributed by atoms with E-state index in [9.17, 15) is 18.4 Å². The van der Waals surface area contributed by atoms with Gasteiger partial charge in [-0.2, -0.15) is 5.10 Å². The number of hydrogen-bond donors (Lipinski definition) is 2. The molecule has 2 aromatic carbocycles. The molecule has 0 radical (unpaired) electrons. The number of halogens is 2. The summed E-state index contributed by atoms with van der Waals surface area (Å²) >= 11 is 0. The molecule has 0 saturated heterocycles. The lowest BCUT2D eigenvalue weighted by atomic mass is 10.0. The largest absolute Gasteiger partial charge is 0.351 e. The molecule has 2 N–H and O–H groups in total. The minimum absolute atomic E-state index is 0.0186. The number of H-pyrrole nitrogens is 2. The van der Waals surface area contributed by atoms with Gasteiger partial charge in [0.05, 0.1) is 17.1 Å². The zero-order valence-electron chi connectivity index (χ0n) is 15.8. The van der Waals surface area contributed by atoms with E-state index in [0.29, 0.717) is 12.2 Å². The predicted octanol–water partition coefficient (Wildman–Crippen LogP) is 3.91. The van der Waals surface area contributed by atoms with Crippen molar-refractivity contribution in [1.82, 2.24) is 20.1 Å². The molecule has 148 valence electrons. The molecule has 6 nitrogen and oxygen atoms in total. The van der Waals surface area contributed by atoms with Gasteiger partial charge in [-0.25, -0.2) is 13.9 Å². The van der Waals surface area contributed by atoms with Gasteiger partial charge in [0.1, 0.15) is 5.69 Å². The predicted molar refractivity (Wildman–Crippen MR) is 106 cm³/mol. The Labute approximate surface area is 164 Å². The quantitative estimate of drug-likeness (QED) is 0.549. The van der Waals surface area contributed by atoms with Crippen molar-refractivity contribution < 1.29 is 13.6 Å². The second-order valence-electron chi connectivity index (χ2n) is 6.79. The highest BCUT2D eigenvalue weighted by atomic mass is 19.2. The number of benzene rings is 2. The number of nitrogens with zero attached hydrogens (tertiary/aromatic N) is 2. The van der Waals surface area contributed by atoms with Crippen molar-refractivity contribution in [1.29, 1.82) is 0 Å². The average Bonchev–Trinajstić information content (AvgIpc) is 3.14. The van der Waals surface area contributed by atoms with Crippen LogP contribution in [0.3, 0.4) is 0 Å². The molecule has 0 unspecified atom stereocenters. The van der Waals surface area contributed by atoms with Gasteiger partial charge in [-0.1, -0.05) is 18.2 Å². The fourth-order valence-corrected chi connectivity index (χ4v) is 3.58. The Morgan fingerprint density at radius 2 is 1.83 bits per heavy atom. The molecule has 0 aliphatic heterocycles. The summed E-state index contributed by atoms with van der Waals surface area (Å²) in [5, 5.41) is 7.40. The van der Waals surface area contributed by atoms with Crippen molar-refractivity contribution in [2.45, 2.75) is 19.9 Å². The van der Waals surface area contributed by atoms with Gasteiger partial charge in [-0.05, 0) is 38.1 Å². The number of nitrogens with one attached hydrogen (secondary N) is 2. The number of para-hydroxylation sites is 1. The summed E-state index contributed by atoms with van der Waals surface area (Å²) in [7, 11) is 0. The summed E-state index contributed by atoms with van der Waals surface area (Å²) < 4.78 is 27.5. The normalized spacial score (nSPS) is 12.4. The van der Waals surface area contributed by atoms with Gasteiger partial charge in [0.2, 0.25) is 0 Å². The molecule has 0 spiro atoms. The first-order valence-electron chi connectivity index (χ1n) is 9.16. The Hall–Kier alpha value is -3.55. The highest BCUT2D eigenvalue weighted by molar-refractivity contribution is 5.98. The Morgan fingerprint density at radius 3 is 2.52 bits per heavy atom. The number of fused-ring (bicyclic) bond motifs is 2. The molecule has 0 aliphatic carbocycles. The molecule has 4 aromatic rings. The molecule has 4 rings (SSSR count). The molecule has 1 atom stereocenters. The van der Waals surface area contributed by atoms with Crippen LogP contribution in [-0.2, 0) is 0 Å².